The minimum absolute atomic E-state index is 0.178. The Morgan fingerprint density at radius 2 is 0.917 bits per heavy atom. The van der Waals surface area contributed by atoms with Crippen LogP contribution in [-0.2, 0) is 12.4 Å². The maximum absolute atomic E-state index is 13.5. The summed E-state index contributed by atoms with van der Waals surface area (Å²) in [7, 11) is 0. The van der Waals surface area contributed by atoms with Crippen molar-refractivity contribution in [2.45, 2.75) is 12.4 Å². The molecule has 0 aliphatic rings. The highest BCUT2D eigenvalue weighted by molar-refractivity contribution is 5.44. The maximum Gasteiger partial charge on any atom is 0.416 e. The molecular weight excluding hydrogens is 348 g/mol. The zero-order valence-corrected chi connectivity index (χ0v) is 11.4. The molecule has 128 valence electrons. The first-order chi connectivity index (χ1) is 11.0. The minimum Gasteiger partial charge on any atom is -0.205 e. The molecule has 10 heteroatoms. The molecule has 0 bridgehead atoms. The van der Waals surface area contributed by atoms with Crippen molar-refractivity contribution in [3.8, 4) is 0 Å². The number of rotatable bonds is 2. The molecule has 2 aromatic rings. The Labute approximate surface area is 129 Å². The van der Waals surface area contributed by atoms with Gasteiger partial charge in [-0.15, -0.1) is 10.2 Å². The highest BCUT2D eigenvalue weighted by Crippen LogP contribution is 2.34. The van der Waals surface area contributed by atoms with E-state index in [9.17, 15) is 35.1 Å². The predicted molar refractivity (Wildman–Crippen MR) is 67.0 cm³/mol. The first-order valence-corrected chi connectivity index (χ1v) is 6.14. The van der Waals surface area contributed by atoms with Gasteiger partial charge < -0.3 is 0 Å². The topological polar surface area (TPSA) is 24.7 Å². The molecule has 0 atom stereocenters. The monoisotopic (exact) mass is 354 g/mol. The first-order valence-electron chi connectivity index (χ1n) is 6.14. The number of hydrogen-bond donors (Lipinski definition) is 0. The Hall–Kier alpha value is -2.52. The lowest BCUT2D eigenvalue weighted by Gasteiger charge is -2.07. The molecule has 0 spiro atoms. The van der Waals surface area contributed by atoms with Gasteiger partial charge in [0.15, 0.2) is 11.6 Å². The summed E-state index contributed by atoms with van der Waals surface area (Å²) in [5.41, 5.74) is -3.75. The van der Waals surface area contributed by atoms with E-state index in [1.165, 1.54) is 0 Å². The van der Waals surface area contributed by atoms with Crippen LogP contribution in [0.5, 0.6) is 0 Å². The van der Waals surface area contributed by atoms with Crippen molar-refractivity contribution in [1.82, 2.24) is 0 Å². The van der Waals surface area contributed by atoms with Crippen molar-refractivity contribution in [2.24, 2.45) is 10.2 Å². The first kappa shape index (κ1) is 17.8. The summed E-state index contributed by atoms with van der Waals surface area (Å²) in [5.74, 6) is -2.72. The predicted octanol–water partition coefficient (Wildman–Crippen LogP) is 6.42. The van der Waals surface area contributed by atoms with Gasteiger partial charge in [-0.1, -0.05) is 0 Å². The molecule has 0 heterocycles. The van der Waals surface area contributed by atoms with Crippen LogP contribution in [0.4, 0.5) is 46.5 Å². The fourth-order valence-electron chi connectivity index (χ4n) is 1.64. The minimum atomic E-state index is -4.75. The van der Waals surface area contributed by atoms with Crippen molar-refractivity contribution in [2.75, 3.05) is 0 Å². The fraction of sp³-hybridized carbons (Fsp3) is 0.143. The summed E-state index contributed by atoms with van der Waals surface area (Å²) in [6.45, 7) is 0. The van der Waals surface area contributed by atoms with Crippen molar-refractivity contribution < 1.29 is 35.1 Å². The number of halogens is 8. The van der Waals surface area contributed by atoms with E-state index in [1.54, 1.807) is 0 Å². The Kier molecular flexibility index (Phi) is 4.59. The van der Waals surface area contributed by atoms with Crippen LogP contribution >= 0.6 is 0 Å². The third-order valence-corrected chi connectivity index (χ3v) is 2.82. The second-order valence-electron chi connectivity index (χ2n) is 4.53. The smallest absolute Gasteiger partial charge is 0.205 e. The SMILES string of the molecule is Fc1cc(C(F)(F)F)ccc1N=Nc1ccc(C(F)(F)F)cc1F. The summed E-state index contributed by atoms with van der Waals surface area (Å²) < 4.78 is 101. The molecule has 0 fully saturated rings. The van der Waals surface area contributed by atoms with Gasteiger partial charge in [0, 0.05) is 0 Å². The molecule has 0 N–H and O–H groups in total. The largest absolute Gasteiger partial charge is 0.416 e. The number of azo groups is 1. The Bertz CT molecular complexity index is 712. The molecule has 2 nitrogen and oxygen atoms in total. The van der Waals surface area contributed by atoms with E-state index in [2.05, 4.69) is 10.2 Å². The van der Waals surface area contributed by atoms with Gasteiger partial charge in [0.1, 0.15) is 11.4 Å². The van der Waals surface area contributed by atoms with Gasteiger partial charge in [0.2, 0.25) is 0 Å². The van der Waals surface area contributed by atoms with Gasteiger partial charge >= 0.3 is 12.4 Å². The number of benzene rings is 2. The molecule has 2 aromatic carbocycles. The van der Waals surface area contributed by atoms with Crippen LogP contribution in [0.1, 0.15) is 11.1 Å². The third kappa shape index (κ3) is 4.06. The molecule has 24 heavy (non-hydrogen) atoms. The number of hydrogen-bond acceptors (Lipinski definition) is 2. The summed E-state index contributed by atoms with van der Waals surface area (Å²) in [5, 5.41) is 6.43. The van der Waals surface area contributed by atoms with Crippen LogP contribution < -0.4 is 0 Å². The molecule has 0 unspecified atom stereocenters. The molecular formula is C14H6F8N2. The zero-order chi connectivity index (χ0) is 18.1. The lowest BCUT2D eigenvalue weighted by molar-refractivity contribution is -0.138. The lowest BCUT2D eigenvalue weighted by Crippen LogP contribution is -2.05. The van der Waals surface area contributed by atoms with Crippen LogP contribution in [0.3, 0.4) is 0 Å². The second kappa shape index (κ2) is 6.17. The highest BCUT2D eigenvalue weighted by atomic mass is 19.4. The molecule has 0 saturated heterocycles. The van der Waals surface area contributed by atoms with Gasteiger partial charge in [-0.25, -0.2) is 8.78 Å². The van der Waals surface area contributed by atoms with Crippen LogP contribution in [0.2, 0.25) is 0 Å². The number of nitrogens with zero attached hydrogens (tertiary/aromatic N) is 2. The number of alkyl halides is 6. The van der Waals surface area contributed by atoms with Crippen LogP contribution in [0, 0.1) is 11.6 Å². The van der Waals surface area contributed by atoms with E-state index in [4.69, 9.17) is 0 Å². The Morgan fingerprint density at radius 1 is 0.583 bits per heavy atom. The summed E-state index contributed by atoms with van der Waals surface area (Å²) in [4.78, 5) is 0. The van der Waals surface area contributed by atoms with Gasteiger partial charge in [-0.05, 0) is 36.4 Å². The van der Waals surface area contributed by atoms with Crippen LogP contribution in [0.25, 0.3) is 0 Å². The Morgan fingerprint density at radius 3 is 1.17 bits per heavy atom. The molecule has 2 rings (SSSR count). The van der Waals surface area contributed by atoms with Crippen molar-refractivity contribution >= 4 is 11.4 Å². The Balaban J connectivity index is 2.29. The van der Waals surface area contributed by atoms with E-state index < -0.39 is 46.5 Å². The second-order valence-corrected chi connectivity index (χ2v) is 4.53. The highest BCUT2D eigenvalue weighted by Gasteiger charge is 2.32. The van der Waals surface area contributed by atoms with Crippen molar-refractivity contribution in [1.29, 1.82) is 0 Å². The molecule has 0 radical (unpaired) electrons. The van der Waals surface area contributed by atoms with Crippen molar-refractivity contribution in [3.63, 3.8) is 0 Å². The summed E-state index contributed by atoms with van der Waals surface area (Å²) in [6, 6.07) is 2.78. The summed E-state index contributed by atoms with van der Waals surface area (Å²) >= 11 is 0. The van der Waals surface area contributed by atoms with Gasteiger partial charge in [0.25, 0.3) is 0 Å². The van der Waals surface area contributed by atoms with Gasteiger partial charge in [0.05, 0.1) is 11.1 Å². The zero-order valence-electron chi connectivity index (χ0n) is 11.4. The quantitative estimate of drug-likeness (QED) is 0.439. The fourth-order valence-corrected chi connectivity index (χ4v) is 1.64. The van der Waals surface area contributed by atoms with Crippen LogP contribution in [-0.4, -0.2) is 0 Å². The third-order valence-electron chi connectivity index (χ3n) is 2.82. The average Bonchev–Trinajstić information content (AvgIpc) is 2.45. The molecule has 0 aliphatic carbocycles. The van der Waals surface area contributed by atoms with Crippen molar-refractivity contribution in [3.05, 3.63) is 59.2 Å². The van der Waals surface area contributed by atoms with E-state index in [0.29, 0.717) is 24.3 Å². The average molecular weight is 354 g/mol. The molecule has 0 saturated carbocycles. The summed E-state index contributed by atoms with van der Waals surface area (Å²) in [6.07, 6.45) is -9.51. The maximum atomic E-state index is 13.5. The van der Waals surface area contributed by atoms with E-state index >= 15 is 0 Å². The van der Waals surface area contributed by atoms with E-state index in [0.717, 1.165) is 0 Å². The molecule has 0 aromatic heterocycles. The van der Waals surface area contributed by atoms with Gasteiger partial charge in [-0.2, -0.15) is 26.3 Å². The van der Waals surface area contributed by atoms with Gasteiger partial charge in [-0.3, -0.25) is 0 Å². The molecule has 0 amide bonds. The molecule has 0 aliphatic heterocycles. The normalized spacial score (nSPS) is 12.8. The van der Waals surface area contributed by atoms with Crippen LogP contribution in [0.15, 0.2) is 46.6 Å². The van der Waals surface area contributed by atoms with E-state index in [-0.39, 0.29) is 12.1 Å². The van der Waals surface area contributed by atoms with E-state index in [1.807, 2.05) is 0 Å². The lowest BCUT2D eigenvalue weighted by atomic mass is 10.2. The standard InChI is InChI=1S/C14H6F8N2/c15-9-5-7(13(17,18)19)1-3-11(9)23-24-12-4-2-8(6-10(12)16)14(20,21)22/h1-6H.